The lowest BCUT2D eigenvalue weighted by atomic mass is 10.3. The second kappa shape index (κ2) is 9.51. The fraction of sp³-hybridized carbons (Fsp3) is 0.250. The minimum Gasteiger partial charge on any atom is -0.492 e. The van der Waals surface area contributed by atoms with Gasteiger partial charge in [-0.25, -0.2) is 0 Å². The van der Waals surface area contributed by atoms with Gasteiger partial charge in [0.2, 0.25) is 0 Å². The quantitative estimate of drug-likeness (QED) is 0.744. The van der Waals surface area contributed by atoms with Crippen LogP contribution in [0, 0.1) is 0 Å². The van der Waals surface area contributed by atoms with Crippen molar-refractivity contribution in [3.63, 3.8) is 0 Å². The maximum atomic E-state index is 5.78. The normalized spacial score (nSPS) is 9.40. The highest BCUT2D eigenvalue weighted by Crippen LogP contribution is 2.23. The van der Waals surface area contributed by atoms with Crippen LogP contribution in [0.25, 0.3) is 0 Å². The third kappa shape index (κ3) is 5.72. The van der Waals surface area contributed by atoms with Crippen LogP contribution in [0.2, 0.25) is 10.0 Å². The number of benzene rings is 2. The predicted octanol–water partition coefficient (Wildman–Crippen LogP) is 5.48. The zero-order chi connectivity index (χ0) is 14.8. The van der Waals surface area contributed by atoms with E-state index in [1.165, 1.54) is 0 Å². The van der Waals surface area contributed by atoms with Crippen LogP contribution in [0.5, 0.6) is 11.5 Å². The van der Waals surface area contributed by atoms with E-state index in [2.05, 4.69) is 0 Å². The lowest BCUT2D eigenvalue weighted by molar-refractivity contribution is 0.340. The summed E-state index contributed by atoms with van der Waals surface area (Å²) in [5.41, 5.74) is 0. The second-order valence-electron chi connectivity index (χ2n) is 3.73. The van der Waals surface area contributed by atoms with E-state index >= 15 is 0 Å². The summed E-state index contributed by atoms with van der Waals surface area (Å²) in [5, 5.41) is 1.34. The molecule has 20 heavy (non-hydrogen) atoms. The molecule has 2 rings (SSSR count). The molecule has 0 heterocycles. The Bertz CT molecular complexity index is 468. The third-order valence-corrected chi connectivity index (χ3v) is 2.90. The van der Waals surface area contributed by atoms with Gasteiger partial charge in [0, 0.05) is 0 Å². The molecule has 2 aromatic carbocycles. The molecule has 2 nitrogen and oxygen atoms in total. The minimum atomic E-state index is 0.656. The van der Waals surface area contributed by atoms with Gasteiger partial charge in [0.15, 0.2) is 0 Å². The first kappa shape index (κ1) is 16.7. The summed E-state index contributed by atoms with van der Waals surface area (Å²) >= 11 is 11.6. The topological polar surface area (TPSA) is 18.5 Å². The molecule has 2 aromatic rings. The molecule has 0 bridgehead atoms. The molecule has 0 fully saturated rings. The average Bonchev–Trinajstić information content (AvgIpc) is 2.45. The Labute approximate surface area is 130 Å². The van der Waals surface area contributed by atoms with E-state index in [1.54, 1.807) is 0 Å². The summed E-state index contributed by atoms with van der Waals surface area (Å²) in [6, 6.07) is 14.9. The van der Waals surface area contributed by atoms with E-state index in [1.807, 2.05) is 62.4 Å². The lowest BCUT2D eigenvalue weighted by Gasteiger charge is -2.02. The number of para-hydroxylation sites is 2. The number of hydrogen-bond donors (Lipinski definition) is 0. The van der Waals surface area contributed by atoms with Gasteiger partial charge in [-0.2, -0.15) is 0 Å². The summed E-state index contributed by atoms with van der Waals surface area (Å²) < 4.78 is 10.4. The summed E-state index contributed by atoms with van der Waals surface area (Å²) in [4.78, 5) is 0. The SMILES string of the molecule is CCOc1ccccc1Cl.CCOc1ccccc1Cl. The lowest BCUT2D eigenvalue weighted by Crippen LogP contribution is -1.90. The molecular formula is C16H18Cl2O2. The largest absolute Gasteiger partial charge is 0.492 e. The highest BCUT2D eigenvalue weighted by atomic mass is 35.5. The fourth-order valence-corrected chi connectivity index (χ4v) is 1.82. The fourth-order valence-electron chi connectivity index (χ4n) is 1.43. The highest BCUT2D eigenvalue weighted by molar-refractivity contribution is 6.32. The zero-order valence-electron chi connectivity index (χ0n) is 11.6. The Kier molecular flexibility index (Phi) is 7.93. The first-order valence-corrected chi connectivity index (χ1v) is 7.19. The second-order valence-corrected chi connectivity index (χ2v) is 4.54. The molecule has 0 spiro atoms. The van der Waals surface area contributed by atoms with Gasteiger partial charge in [-0.15, -0.1) is 0 Å². The van der Waals surface area contributed by atoms with Crippen molar-refractivity contribution in [2.75, 3.05) is 13.2 Å². The van der Waals surface area contributed by atoms with Gasteiger partial charge >= 0.3 is 0 Å². The van der Waals surface area contributed by atoms with E-state index in [4.69, 9.17) is 32.7 Å². The monoisotopic (exact) mass is 312 g/mol. The van der Waals surface area contributed by atoms with Crippen LogP contribution in [0.1, 0.15) is 13.8 Å². The molecule has 0 unspecified atom stereocenters. The summed E-state index contributed by atoms with van der Waals surface area (Å²) in [6.45, 7) is 5.18. The Morgan fingerprint density at radius 2 is 1.05 bits per heavy atom. The molecule has 0 saturated heterocycles. The molecule has 4 heteroatoms. The van der Waals surface area contributed by atoms with Gasteiger partial charge in [0.25, 0.3) is 0 Å². The standard InChI is InChI=1S/2C8H9ClO/c2*1-2-10-8-6-4-3-5-7(8)9/h2*3-6H,2H2,1H3. The first-order valence-electron chi connectivity index (χ1n) is 6.43. The van der Waals surface area contributed by atoms with Crippen LogP contribution in [0.15, 0.2) is 48.5 Å². The van der Waals surface area contributed by atoms with Crippen LogP contribution in [0.3, 0.4) is 0 Å². The molecule has 0 aliphatic rings. The molecule has 0 radical (unpaired) electrons. The van der Waals surface area contributed by atoms with Crippen molar-refractivity contribution < 1.29 is 9.47 Å². The molecule has 108 valence electrons. The van der Waals surface area contributed by atoms with Crippen molar-refractivity contribution in [2.45, 2.75) is 13.8 Å². The Morgan fingerprint density at radius 1 is 0.700 bits per heavy atom. The van der Waals surface area contributed by atoms with Crippen LogP contribution in [-0.4, -0.2) is 13.2 Å². The third-order valence-electron chi connectivity index (χ3n) is 2.27. The van der Waals surface area contributed by atoms with Crippen molar-refractivity contribution in [3.05, 3.63) is 58.6 Å². The van der Waals surface area contributed by atoms with Gasteiger partial charge in [0.05, 0.1) is 23.3 Å². The van der Waals surface area contributed by atoms with Gasteiger partial charge < -0.3 is 9.47 Å². The van der Waals surface area contributed by atoms with Gasteiger partial charge in [-0.1, -0.05) is 47.5 Å². The van der Waals surface area contributed by atoms with Crippen molar-refractivity contribution in [1.29, 1.82) is 0 Å². The summed E-state index contributed by atoms with van der Waals surface area (Å²) in [6.07, 6.45) is 0. The zero-order valence-corrected chi connectivity index (χ0v) is 13.1. The number of halogens is 2. The van der Waals surface area contributed by atoms with Gasteiger partial charge in [0.1, 0.15) is 11.5 Å². The molecule has 0 atom stereocenters. The van der Waals surface area contributed by atoms with Crippen molar-refractivity contribution in [1.82, 2.24) is 0 Å². The summed E-state index contributed by atoms with van der Waals surface area (Å²) in [7, 11) is 0. The number of hydrogen-bond acceptors (Lipinski definition) is 2. The van der Waals surface area contributed by atoms with E-state index < -0.39 is 0 Å². The summed E-state index contributed by atoms with van der Waals surface area (Å²) in [5.74, 6) is 1.51. The van der Waals surface area contributed by atoms with Crippen LogP contribution in [-0.2, 0) is 0 Å². The molecule has 0 amide bonds. The number of rotatable bonds is 4. The maximum absolute atomic E-state index is 5.78. The van der Waals surface area contributed by atoms with Gasteiger partial charge in [-0.05, 0) is 38.1 Å². The van der Waals surface area contributed by atoms with Crippen molar-refractivity contribution in [3.8, 4) is 11.5 Å². The van der Waals surface area contributed by atoms with E-state index in [0.29, 0.717) is 23.3 Å². The molecule has 0 saturated carbocycles. The van der Waals surface area contributed by atoms with Crippen molar-refractivity contribution >= 4 is 23.2 Å². The highest BCUT2D eigenvalue weighted by Gasteiger charge is 1.96. The Balaban J connectivity index is 0.000000200. The molecule has 0 aromatic heterocycles. The molecule has 0 N–H and O–H groups in total. The Morgan fingerprint density at radius 3 is 1.35 bits per heavy atom. The van der Waals surface area contributed by atoms with Crippen LogP contribution in [0.4, 0.5) is 0 Å². The van der Waals surface area contributed by atoms with Crippen LogP contribution < -0.4 is 9.47 Å². The number of ether oxygens (including phenoxy) is 2. The Hall–Kier alpha value is -1.38. The smallest absolute Gasteiger partial charge is 0.137 e. The predicted molar refractivity (Wildman–Crippen MR) is 85.2 cm³/mol. The van der Waals surface area contributed by atoms with E-state index in [9.17, 15) is 0 Å². The molecule has 0 aliphatic heterocycles. The average molecular weight is 313 g/mol. The van der Waals surface area contributed by atoms with Crippen LogP contribution >= 0.6 is 23.2 Å². The van der Waals surface area contributed by atoms with E-state index in [0.717, 1.165) is 11.5 Å². The molecule has 0 aliphatic carbocycles. The minimum absolute atomic E-state index is 0.656. The van der Waals surface area contributed by atoms with Gasteiger partial charge in [-0.3, -0.25) is 0 Å². The van der Waals surface area contributed by atoms with E-state index in [-0.39, 0.29) is 0 Å². The maximum Gasteiger partial charge on any atom is 0.137 e. The van der Waals surface area contributed by atoms with Crippen molar-refractivity contribution in [2.24, 2.45) is 0 Å². The molecular weight excluding hydrogens is 295 g/mol. The first-order chi connectivity index (χ1) is 9.69.